The molecule has 0 fully saturated rings. The molecule has 2 heteroatoms. The van der Waals surface area contributed by atoms with Crippen LogP contribution in [0.4, 0.5) is 0 Å². The lowest BCUT2D eigenvalue weighted by Crippen LogP contribution is -2.23. The van der Waals surface area contributed by atoms with E-state index in [1.807, 2.05) is 43.3 Å². The summed E-state index contributed by atoms with van der Waals surface area (Å²) in [7, 11) is 0. The molecule has 116 valence electrons. The Morgan fingerprint density at radius 1 is 1.05 bits per heavy atom. The third-order valence-electron chi connectivity index (χ3n) is 3.98. The molecule has 1 atom stereocenters. The van der Waals surface area contributed by atoms with Crippen LogP contribution in [-0.4, -0.2) is 10.1 Å². The van der Waals surface area contributed by atoms with Crippen LogP contribution >= 0.6 is 0 Å². The number of aliphatic hydroxyl groups is 1. The lowest BCUT2D eigenvalue weighted by molar-refractivity contribution is 0.0915. The Bertz CT molecular complexity index is 668. The largest absolute Gasteiger partial charge is 0.372 e. The zero-order valence-corrected chi connectivity index (χ0v) is 13.6. The van der Waals surface area contributed by atoms with Crippen molar-refractivity contribution < 1.29 is 5.11 Å². The normalized spacial score (nSPS) is 13.4. The number of fused-ring (bicyclic) bond motifs is 1. The molecule has 0 saturated heterocycles. The van der Waals surface area contributed by atoms with E-state index in [2.05, 4.69) is 23.7 Å². The quantitative estimate of drug-likeness (QED) is 0.613. The molecule has 2 aromatic rings. The molecule has 2 rings (SSSR count). The second-order valence-electron chi connectivity index (χ2n) is 5.72. The van der Waals surface area contributed by atoms with Gasteiger partial charge in [-0.2, -0.15) is 0 Å². The van der Waals surface area contributed by atoms with E-state index in [1.165, 1.54) is 19.3 Å². The van der Waals surface area contributed by atoms with Crippen molar-refractivity contribution in [3.8, 4) is 11.8 Å². The molecule has 1 aromatic carbocycles. The second-order valence-corrected chi connectivity index (χ2v) is 5.72. The van der Waals surface area contributed by atoms with Crippen molar-refractivity contribution >= 4 is 10.9 Å². The lowest BCUT2D eigenvalue weighted by Gasteiger charge is -2.20. The molecule has 0 aliphatic rings. The van der Waals surface area contributed by atoms with E-state index in [9.17, 15) is 5.11 Å². The van der Waals surface area contributed by atoms with Crippen LogP contribution in [0.2, 0.25) is 0 Å². The molecular weight excluding hydrogens is 270 g/mol. The number of para-hydroxylation sites is 1. The first-order valence-electron chi connectivity index (χ1n) is 8.28. The SMILES string of the molecule is CCCCCCC#CC(O)(CC)c1ccc2ccccc2n1. The minimum atomic E-state index is -1.14. The number of pyridine rings is 1. The van der Waals surface area contributed by atoms with Gasteiger partial charge < -0.3 is 5.11 Å². The zero-order chi connectivity index (χ0) is 15.8. The highest BCUT2D eigenvalue weighted by Crippen LogP contribution is 2.24. The molecule has 2 nitrogen and oxygen atoms in total. The second kappa shape index (κ2) is 7.96. The van der Waals surface area contributed by atoms with Crippen molar-refractivity contribution in [3.05, 3.63) is 42.1 Å². The number of rotatable bonds is 6. The number of aromatic nitrogens is 1. The van der Waals surface area contributed by atoms with E-state index in [1.54, 1.807) is 0 Å². The molecule has 1 aromatic heterocycles. The average Bonchev–Trinajstić information content (AvgIpc) is 2.57. The molecule has 1 unspecified atom stereocenters. The van der Waals surface area contributed by atoms with Gasteiger partial charge in [0.15, 0.2) is 5.60 Å². The van der Waals surface area contributed by atoms with Crippen LogP contribution in [0.5, 0.6) is 0 Å². The zero-order valence-electron chi connectivity index (χ0n) is 13.6. The molecule has 0 bridgehead atoms. The number of nitrogens with zero attached hydrogens (tertiary/aromatic N) is 1. The minimum absolute atomic E-state index is 0.542. The summed E-state index contributed by atoms with van der Waals surface area (Å²) in [4.78, 5) is 4.59. The van der Waals surface area contributed by atoms with Crippen LogP contribution in [-0.2, 0) is 5.60 Å². The van der Waals surface area contributed by atoms with Crippen molar-refractivity contribution in [2.45, 2.75) is 58.0 Å². The van der Waals surface area contributed by atoms with E-state index in [0.29, 0.717) is 12.1 Å². The fourth-order valence-corrected chi connectivity index (χ4v) is 2.48. The Hall–Kier alpha value is -1.85. The highest BCUT2D eigenvalue weighted by atomic mass is 16.3. The Kier molecular flexibility index (Phi) is 5.98. The molecule has 1 heterocycles. The molecule has 22 heavy (non-hydrogen) atoms. The first kappa shape index (κ1) is 16.5. The summed E-state index contributed by atoms with van der Waals surface area (Å²) in [6.45, 7) is 4.15. The predicted molar refractivity (Wildman–Crippen MR) is 92.5 cm³/mol. The average molecular weight is 295 g/mol. The van der Waals surface area contributed by atoms with Gasteiger partial charge in [0, 0.05) is 11.8 Å². The summed E-state index contributed by atoms with van der Waals surface area (Å²) in [5.41, 5.74) is 0.404. The van der Waals surface area contributed by atoms with Crippen LogP contribution in [0.25, 0.3) is 10.9 Å². The van der Waals surface area contributed by atoms with Gasteiger partial charge in [0.2, 0.25) is 0 Å². The van der Waals surface area contributed by atoms with Crippen molar-refractivity contribution in [2.75, 3.05) is 0 Å². The first-order valence-corrected chi connectivity index (χ1v) is 8.28. The summed E-state index contributed by atoms with van der Waals surface area (Å²) in [5.74, 6) is 6.19. The summed E-state index contributed by atoms with van der Waals surface area (Å²) in [5, 5.41) is 11.9. The van der Waals surface area contributed by atoms with Gasteiger partial charge in [-0.25, -0.2) is 4.98 Å². The molecular formula is C20H25NO. The smallest absolute Gasteiger partial charge is 0.167 e. The predicted octanol–water partition coefficient (Wildman–Crippen LogP) is 4.81. The molecule has 0 radical (unpaired) electrons. The summed E-state index contributed by atoms with van der Waals surface area (Å²) >= 11 is 0. The maximum atomic E-state index is 10.8. The Balaban J connectivity index is 2.15. The van der Waals surface area contributed by atoms with E-state index in [0.717, 1.165) is 23.7 Å². The standard InChI is InChI=1S/C20H25NO/c1-3-5-6-7-8-11-16-20(22,4-2)19-15-14-17-12-9-10-13-18(17)21-19/h9-10,12-15,22H,3-8H2,1-2H3. The van der Waals surface area contributed by atoms with Crippen molar-refractivity contribution in [1.82, 2.24) is 4.98 Å². The van der Waals surface area contributed by atoms with Crippen LogP contribution in [0.3, 0.4) is 0 Å². The fourth-order valence-electron chi connectivity index (χ4n) is 2.48. The molecule has 0 amide bonds. The maximum Gasteiger partial charge on any atom is 0.167 e. The van der Waals surface area contributed by atoms with E-state index in [-0.39, 0.29) is 0 Å². The van der Waals surface area contributed by atoms with Crippen molar-refractivity contribution in [2.24, 2.45) is 0 Å². The number of hydrogen-bond acceptors (Lipinski definition) is 2. The van der Waals surface area contributed by atoms with Gasteiger partial charge in [-0.05, 0) is 25.0 Å². The number of hydrogen-bond donors (Lipinski definition) is 1. The van der Waals surface area contributed by atoms with Crippen LogP contribution in [0.15, 0.2) is 36.4 Å². The first-order chi connectivity index (χ1) is 10.7. The number of benzene rings is 1. The number of unbranched alkanes of at least 4 members (excludes halogenated alkanes) is 4. The Labute approximate surface area is 133 Å². The van der Waals surface area contributed by atoms with Crippen molar-refractivity contribution in [3.63, 3.8) is 0 Å². The van der Waals surface area contributed by atoms with Crippen LogP contribution in [0.1, 0.15) is 58.1 Å². The summed E-state index contributed by atoms with van der Waals surface area (Å²) in [6.07, 6.45) is 6.19. The third kappa shape index (κ3) is 4.08. The Morgan fingerprint density at radius 2 is 1.86 bits per heavy atom. The molecule has 0 aliphatic heterocycles. The molecule has 1 N–H and O–H groups in total. The minimum Gasteiger partial charge on any atom is -0.372 e. The van der Waals surface area contributed by atoms with Crippen LogP contribution < -0.4 is 0 Å². The highest BCUT2D eigenvalue weighted by Gasteiger charge is 2.26. The van der Waals surface area contributed by atoms with E-state index in [4.69, 9.17) is 0 Å². The Morgan fingerprint density at radius 3 is 2.64 bits per heavy atom. The highest BCUT2D eigenvalue weighted by molar-refractivity contribution is 5.78. The van der Waals surface area contributed by atoms with Gasteiger partial charge in [0.25, 0.3) is 0 Å². The summed E-state index contributed by atoms with van der Waals surface area (Å²) in [6, 6.07) is 11.8. The molecule has 0 aliphatic carbocycles. The van der Waals surface area contributed by atoms with E-state index < -0.39 is 5.60 Å². The lowest BCUT2D eigenvalue weighted by atomic mass is 9.95. The van der Waals surface area contributed by atoms with Gasteiger partial charge in [0.1, 0.15) is 0 Å². The van der Waals surface area contributed by atoms with Gasteiger partial charge in [-0.1, -0.05) is 69.2 Å². The monoisotopic (exact) mass is 295 g/mol. The van der Waals surface area contributed by atoms with Gasteiger partial charge in [0.05, 0.1) is 11.2 Å². The topological polar surface area (TPSA) is 33.1 Å². The van der Waals surface area contributed by atoms with Crippen LogP contribution in [0, 0.1) is 11.8 Å². The third-order valence-corrected chi connectivity index (χ3v) is 3.98. The van der Waals surface area contributed by atoms with Crippen molar-refractivity contribution in [1.29, 1.82) is 0 Å². The fraction of sp³-hybridized carbons (Fsp3) is 0.450. The molecule has 0 spiro atoms. The van der Waals surface area contributed by atoms with Gasteiger partial charge in [-0.15, -0.1) is 0 Å². The van der Waals surface area contributed by atoms with Gasteiger partial charge in [-0.3, -0.25) is 0 Å². The molecule has 0 saturated carbocycles. The maximum absolute atomic E-state index is 10.8. The van der Waals surface area contributed by atoms with Gasteiger partial charge >= 0.3 is 0 Å². The summed E-state index contributed by atoms with van der Waals surface area (Å²) < 4.78 is 0. The van der Waals surface area contributed by atoms with E-state index >= 15 is 0 Å².